The summed E-state index contributed by atoms with van der Waals surface area (Å²) in [4.78, 5) is 40.2. The molecule has 9 nitrogen and oxygen atoms in total. The maximum Gasteiger partial charge on any atom is 0.334 e. The molecule has 3 aromatic carbocycles. The third-order valence-electron chi connectivity index (χ3n) is 5.46. The van der Waals surface area contributed by atoms with Gasteiger partial charge in [0.25, 0.3) is 11.6 Å². The number of benzene rings is 3. The summed E-state index contributed by atoms with van der Waals surface area (Å²) in [5.41, 5.74) is 1.20. The van der Waals surface area contributed by atoms with Gasteiger partial charge in [-0.05, 0) is 29.3 Å². The number of nitro groups is 1. The second-order valence-electron chi connectivity index (χ2n) is 7.73. The Kier molecular flexibility index (Phi) is 6.82. The van der Waals surface area contributed by atoms with Crippen LogP contribution in [-0.4, -0.2) is 48.0 Å². The van der Waals surface area contributed by atoms with Crippen molar-refractivity contribution in [3.63, 3.8) is 0 Å². The highest BCUT2D eigenvalue weighted by Gasteiger charge is 2.32. The van der Waals surface area contributed by atoms with Crippen molar-refractivity contribution in [1.29, 1.82) is 0 Å². The van der Waals surface area contributed by atoms with Gasteiger partial charge in [0, 0.05) is 24.1 Å². The van der Waals surface area contributed by atoms with Crippen molar-refractivity contribution in [3.05, 3.63) is 88.0 Å². The van der Waals surface area contributed by atoms with Crippen molar-refractivity contribution >= 4 is 34.2 Å². The summed E-state index contributed by atoms with van der Waals surface area (Å²) in [6, 6.07) is 17.6. The first kappa shape index (κ1) is 22.9. The van der Waals surface area contributed by atoms with Gasteiger partial charge in [0.15, 0.2) is 6.04 Å². The van der Waals surface area contributed by atoms with Gasteiger partial charge in [0.2, 0.25) is 5.90 Å². The minimum Gasteiger partial charge on any atom is -0.477 e. The number of hydrogen-bond acceptors (Lipinski definition) is 7. The van der Waals surface area contributed by atoms with Gasteiger partial charge in [0.1, 0.15) is 12.6 Å². The van der Waals surface area contributed by atoms with Crippen molar-refractivity contribution < 1.29 is 24.0 Å². The molecule has 34 heavy (non-hydrogen) atoms. The van der Waals surface area contributed by atoms with E-state index in [2.05, 4.69) is 10.3 Å². The quantitative estimate of drug-likeness (QED) is 0.312. The Balaban J connectivity index is 1.62. The first-order valence-corrected chi connectivity index (χ1v) is 10.9. The van der Waals surface area contributed by atoms with Crippen LogP contribution in [-0.2, 0) is 20.7 Å². The molecule has 1 heterocycles. The van der Waals surface area contributed by atoms with E-state index < -0.39 is 23.0 Å². The van der Waals surface area contributed by atoms with E-state index in [0.717, 1.165) is 16.3 Å². The van der Waals surface area contributed by atoms with Crippen LogP contribution in [0.1, 0.15) is 22.8 Å². The molecule has 1 aliphatic rings. The van der Waals surface area contributed by atoms with E-state index in [1.54, 1.807) is 25.1 Å². The number of nitro benzene ring substituents is 1. The zero-order chi connectivity index (χ0) is 24.1. The Morgan fingerprint density at radius 3 is 2.62 bits per heavy atom. The molecule has 4 rings (SSSR count). The van der Waals surface area contributed by atoms with Crippen molar-refractivity contribution in [2.45, 2.75) is 25.4 Å². The number of aliphatic imine (C=N–C) groups is 1. The average molecular weight is 461 g/mol. The van der Waals surface area contributed by atoms with E-state index in [-0.39, 0.29) is 37.1 Å². The molecule has 0 bridgehead atoms. The zero-order valence-corrected chi connectivity index (χ0v) is 18.5. The second-order valence-corrected chi connectivity index (χ2v) is 7.73. The first-order chi connectivity index (χ1) is 16.5. The smallest absolute Gasteiger partial charge is 0.334 e. The lowest BCUT2D eigenvalue weighted by molar-refractivity contribution is -0.384. The summed E-state index contributed by atoms with van der Waals surface area (Å²) in [6.45, 7) is 1.96. The summed E-state index contributed by atoms with van der Waals surface area (Å²) in [5, 5.41) is 15.7. The van der Waals surface area contributed by atoms with E-state index in [1.165, 1.54) is 12.1 Å². The summed E-state index contributed by atoms with van der Waals surface area (Å²) in [5.74, 6) is -0.605. The van der Waals surface area contributed by atoms with Gasteiger partial charge in [-0.2, -0.15) is 0 Å². The molecule has 1 aliphatic heterocycles. The number of carbonyl (C=O) groups is 2. The highest BCUT2D eigenvalue weighted by Crippen LogP contribution is 2.20. The number of non-ortho nitro benzene ring substituents is 1. The normalized spacial score (nSPS) is 15.8. The number of nitrogens with one attached hydrogen (secondary N) is 1. The molecule has 2 atom stereocenters. The third kappa shape index (κ3) is 5.03. The number of ether oxygens (including phenoxy) is 2. The molecule has 0 saturated carbocycles. The Morgan fingerprint density at radius 2 is 1.88 bits per heavy atom. The standard InChI is InChI=1S/C25H23N3O6/c1-2-33-25(30)22-15-34-24(27-22)21(14-16-10-12-18(13-11-16)28(31)32)26-23(29)20-9-5-7-17-6-3-4-8-19(17)20/h3-13,21-22H,2,14-15H2,1H3,(H,26,29)/t21-,22?/m0/s1. The number of hydrogen-bond donors (Lipinski definition) is 1. The van der Waals surface area contributed by atoms with Gasteiger partial charge in [-0.3, -0.25) is 14.9 Å². The zero-order valence-electron chi connectivity index (χ0n) is 18.5. The number of rotatable bonds is 8. The topological polar surface area (TPSA) is 120 Å². The van der Waals surface area contributed by atoms with E-state index in [0.29, 0.717) is 5.56 Å². The van der Waals surface area contributed by atoms with Gasteiger partial charge >= 0.3 is 5.97 Å². The minimum absolute atomic E-state index is 0.0229. The number of carbonyl (C=O) groups excluding carboxylic acids is 2. The maximum absolute atomic E-state index is 13.3. The van der Waals surface area contributed by atoms with Crippen LogP contribution in [0, 0.1) is 10.1 Å². The minimum atomic E-state index is -0.802. The van der Waals surface area contributed by atoms with E-state index >= 15 is 0 Å². The molecule has 174 valence electrons. The SMILES string of the molecule is CCOC(=O)C1COC([C@H](Cc2ccc([N+](=O)[O-])cc2)NC(=O)c2cccc3ccccc23)=N1. The fraction of sp³-hybridized carbons (Fsp3) is 0.240. The van der Waals surface area contributed by atoms with Gasteiger partial charge in [-0.25, -0.2) is 9.79 Å². The van der Waals surface area contributed by atoms with Crippen LogP contribution >= 0.6 is 0 Å². The predicted molar refractivity (Wildman–Crippen MR) is 126 cm³/mol. The molecule has 1 N–H and O–H groups in total. The fourth-order valence-corrected chi connectivity index (χ4v) is 3.79. The van der Waals surface area contributed by atoms with Crippen LogP contribution in [0.2, 0.25) is 0 Å². The lowest BCUT2D eigenvalue weighted by atomic mass is 10.0. The molecule has 0 fully saturated rings. The Bertz CT molecular complexity index is 1250. The Morgan fingerprint density at radius 1 is 1.15 bits per heavy atom. The van der Waals surface area contributed by atoms with Crippen LogP contribution in [0.15, 0.2) is 71.7 Å². The highest BCUT2D eigenvalue weighted by molar-refractivity contribution is 6.08. The largest absolute Gasteiger partial charge is 0.477 e. The molecule has 1 unspecified atom stereocenters. The fourth-order valence-electron chi connectivity index (χ4n) is 3.79. The first-order valence-electron chi connectivity index (χ1n) is 10.9. The van der Waals surface area contributed by atoms with E-state index in [9.17, 15) is 19.7 Å². The molecule has 9 heteroatoms. The number of fused-ring (bicyclic) bond motifs is 1. The lowest BCUT2D eigenvalue weighted by Gasteiger charge is -2.19. The van der Waals surface area contributed by atoms with Gasteiger partial charge in [-0.1, -0.05) is 48.5 Å². The maximum atomic E-state index is 13.3. The number of amides is 1. The van der Waals surface area contributed by atoms with Gasteiger partial charge < -0.3 is 14.8 Å². The molecular weight excluding hydrogens is 438 g/mol. The molecule has 0 radical (unpaired) electrons. The van der Waals surface area contributed by atoms with Crippen LogP contribution in [0.3, 0.4) is 0 Å². The molecule has 1 amide bonds. The third-order valence-corrected chi connectivity index (χ3v) is 5.46. The molecule has 0 aliphatic carbocycles. The highest BCUT2D eigenvalue weighted by atomic mass is 16.6. The average Bonchev–Trinajstić information content (AvgIpc) is 3.34. The number of esters is 1. The molecule has 0 spiro atoms. The Labute approximate surface area is 195 Å². The monoisotopic (exact) mass is 461 g/mol. The van der Waals surface area contributed by atoms with Gasteiger partial charge in [0.05, 0.1) is 11.5 Å². The summed E-state index contributed by atoms with van der Waals surface area (Å²) in [6.07, 6.45) is 0.267. The predicted octanol–water partition coefficient (Wildman–Crippen LogP) is 3.45. The van der Waals surface area contributed by atoms with Gasteiger partial charge in [-0.15, -0.1) is 0 Å². The van der Waals surface area contributed by atoms with E-state index in [4.69, 9.17) is 9.47 Å². The molecule has 3 aromatic rings. The molecule has 0 saturated heterocycles. The summed E-state index contributed by atoms with van der Waals surface area (Å²) in [7, 11) is 0. The van der Waals surface area contributed by atoms with Crippen molar-refractivity contribution in [1.82, 2.24) is 5.32 Å². The van der Waals surface area contributed by atoms with Crippen molar-refractivity contribution in [2.75, 3.05) is 13.2 Å². The second kappa shape index (κ2) is 10.1. The Hall–Kier alpha value is -4.27. The number of nitrogens with zero attached hydrogens (tertiary/aromatic N) is 2. The van der Waals surface area contributed by atoms with Crippen LogP contribution in [0.5, 0.6) is 0 Å². The van der Waals surface area contributed by atoms with Crippen LogP contribution < -0.4 is 5.32 Å². The molecule has 0 aromatic heterocycles. The van der Waals surface area contributed by atoms with Crippen LogP contribution in [0.25, 0.3) is 10.8 Å². The van der Waals surface area contributed by atoms with Crippen molar-refractivity contribution in [3.8, 4) is 0 Å². The lowest BCUT2D eigenvalue weighted by Crippen LogP contribution is -2.42. The summed E-state index contributed by atoms with van der Waals surface area (Å²) < 4.78 is 10.7. The van der Waals surface area contributed by atoms with Crippen LogP contribution in [0.4, 0.5) is 5.69 Å². The summed E-state index contributed by atoms with van der Waals surface area (Å²) >= 11 is 0. The van der Waals surface area contributed by atoms with Crippen molar-refractivity contribution in [2.24, 2.45) is 4.99 Å². The molecular formula is C25H23N3O6. The van der Waals surface area contributed by atoms with E-state index in [1.807, 2.05) is 36.4 Å².